The Kier molecular flexibility index (Phi) is 6.72. The molecule has 6 nitrogen and oxygen atoms in total. The number of aromatic nitrogens is 1. The van der Waals surface area contributed by atoms with Gasteiger partial charge in [-0.15, -0.1) is 0 Å². The van der Waals surface area contributed by atoms with Gasteiger partial charge in [0.2, 0.25) is 5.88 Å². The maximum Gasteiger partial charge on any atom is 0.255 e. The monoisotopic (exact) mass is 414 g/mol. The lowest BCUT2D eigenvalue weighted by atomic mass is 10.2. The molecule has 1 amide bonds. The molecule has 0 aliphatic carbocycles. The number of nitrogens with zero attached hydrogens (tertiary/aromatic N) is 1. The summed E-state index contributed by atoms with van der Waals surface area (Å²) in [5, 5.41) is 2.91. The Hall–Kier alpha value is -3.90. The van der Waals surface area contributed by atoms with Gasteiger partial charge < -0.3 is 19.2 Å². The third-order valence-electron chi connectivity index (χ3n) is 4.50. The first kappa shape index (κ1) is 20.4. The molecule has 0 unspecified atom stereocenters. The summed E-state index contributed by atoms with van der Waals surface area (Å²) in [6, 6.07) is 24.3. The maximum absolute atomic E-state index is 12.7. The molecule has 0 atom stereocenters. The minimum atomic E-state index is -0.236. The van der Waals surface area contributed by atoms with Crippen LogP contribution in [-0.4, -0.2) is 10.9 Å². The van der Waals surface area contributed by atoms with E-state index in [0.717, 1.165) is 16.9 Å². The molecule has 0 saturated carbocycles. The molecule has 0 bridgehead atoms. The largest absolute Gasteiger partial charge is 0.473 e. The highest BCUT2D eigenvalue weighted by Crippen LogP contribution is 2.16. The van der Waals surface area contributed by atoms with Gasteiger partial charge in [-0.2, -0.15) is 0 Å². The molecule has 2 aromatic carbocycles. The van der Waals surface area contributed by atoms with Crippen molar-refractivity contribution in [2.24, 2.45) is 0 Å². The average Bonchev–Trinajstić information content (AvgIpc) is 3.32. The third kappa shape index (κ3) is 6.04. The SMILES string of the molecule is O=C(Nc1cccc(COCc2ccco2)c1)c1ccnc(OCc2ccccc2)c1. The normalized spacial score (nSPS) is 10.6. The number of carbonyl (C=O) groups is 1. The van der Waals surface area contributed by atoms with Crippen LogP contribution in [0, 0.1) is 0 Å². The fraction of sp³-hybridized carbons (Fsp3) is 0.120. The molecule has 0 aliphatic rings. The van der Waals surface area contributed by atoms with Gasteiger partial charge in [0, 0.05) is 23.5 Å². The van der Waals surface area contributed by atoms with Crippen LogP contribution in [0.5, 0.6) is 5.88 Å². The first-order chi connectivity index (χ1) is 15.3. The number of amides is 1. The molecule has 0 saturated heterocycles. The first-order valence-electron chi connectivity index (χ1n) is 9.89. The second-order valence-electron chi connectivity index (χ2n) is 6.88. The standard InChI is InChI=1S/C25H22N2O4/c28-25(21-11-12-26-24(15-21)31-17-19-6-2-1-3-7-19)27-22-9-4-8-20(14-22)16-29-18-23-10-5-13-30-23/h1-15H,16-18H2,(H,27,28). The fourth-order valence-corrected chi connectivity index (χ4v) is 2.97. The molecule has 4 aromatic rings. The highest BCUT2D eigenvalue weighted by atomic mass is 16.5. The molecule has 1 N–H and O–H groups in total. The van der Waals surface area contributed by atoms with Gasteiger partial charge in [0.25, 0.3) is 5.91 Å². The molecule has 0 spiro atoms. The maximum atomic E-state index is 12.7. The van der Waals surface area contributed by atoms with E-state index in [1.54, 1.807) is 24.6 Å². The van der Waals surface area contributed by atoms with Crippen molar-refractivity contribution in [3.8, 4) is 5.88 Å². The van der Waals surface area contributed by atoms with Crippen molar-refractivity contribution in [2.45, 2.75) is 19.8 Å². The van der Waals surface area contributed by atoms with E-state index in [9.17, 15) is 4.79 Å². The number of benzene rings is 2. The number of nitrogens with one attached hydrogen (secondary N) is 1. The predicted octanol–water partition coefficient (Wildman–Crippen LogP) is 5.22. The molecule has 6 heteroatoms. The van der Waals surface area contributed by atoms with Gasteiger partial charge in [-0.25, -0.2) is 4.98 Å². The molecular formula is C25H22N2O4. The molecule has 0 aliphatic heterocycles. The minimum absolute atomic E-state index is 0.236. The van der Waals surface area contributed by atoms with E-state index in [2.05, 4.69) is 10.3 Å². The number of hydrogen-bond donors (Lipinski definition) is 1. The van der Waals surface area contributed by atoms with Crippen molar-refractivity contribution >= 4 is 11.6 Å². The summed E-state index contributed by atoms with van der Waals surface area (Å²) in [7, 11) is 0. The van der Waals surface area contributed by atoms with E-state index < -0.39 is 0 Å². The Balaban J connectivity index is 1.33. The molecule has 31 heavy (non-hydrogen) atoms. The van der Waals surface area contributed by atoms with Crippen molar-refractivity contribution in [3.05, 3.63) is 114 Å². The Morgan fingerprint density at radius 2 is 1.74 bits per heavy atom. The summed E-state index contributed by atoms with van der Waals surface area (Å²) in [6.45, 7) is 1.20. The van der Waals surface area contributed by atoms with Crippen LogP contribution in [-0.2, 0) is 24.6 Å². The lowest BCUT2D eigenvalue weighted by Gasteiger charge is -2.09. The first-order valence-corrected chi connectivity index (χ1v) is 9.89. The van der Waals surface area contributed by atoms with Gasteiger partial charge in [-0.1, -0.05) is 42.5 Å². The van der Waals surface area contributed by atoms with Gasteiger partial charge >= 0.3 is 0 Å². The molecule has 4 rings (SSSR count). The highest BCUT2D eigenvalue weighted by Gasteiger charge is 2.09. The molecule has 2 heterocycles. The van der Waals surface area contributed by atoms with E-state index in [0.29, 0.717) is 37.0 Å². The molecule has 156 valence electrons. The van der Waals surface area contributed by atoms with Crippen molar-refractivity contribution in [3.63, 3.8) is 0 Å². The van der Waals surface area contributed by atoms with Crippen LogP contribution in [0.25, 0.3) is 0 Å². The van der Waals surface area contributed by atoms with Gasteiger partial charge in [0.05, 0.1) is 12.9 Å². The van der Waals surface area contributed by atoms with E-state index in [1.165, 1.54) is 0 Å². The van der Waals surface area contributed by atoms with E-state index in [4.69, 9.17) is 13.9 Å². The summed E-state index contributed by atoms with van der Waals surface area (Å²) < 4.78 is 16.6. The van der Waals surface area contributed by atoms with Crippen LogP contribution in [0.1, 0.15) is 27.2 Å². The summed E-state index contributed by atoms with van der Waals surface area (Å²) in [4.78, 5) is 16.9. The molecule has 0 radical (unpaired) electrons. The number of rotatable bonds is 9. The van der Waals surface area contributed by atoms with Crippen molar-refractivity contribution in [2.75, 3.05) is 5.32 Å². The second-order valence-corrected chi connectivity index (χ2v) is 6.88. The van der Waals surface area contributed by atoms with E-state index >= 15 is 0 Å². The van der Waals surface area contributed by atoms with E-state index in [-0.39, 0.29) is 5.91 Å². The van der Waals surface area contributed by atoms with E-state index in [1.807, 2.05) is 66.7 Å². The van der Waals surface area contributed by atoms with Crippen molar-refractivity contribution in [1.29, 1.82) is 0 Å². The minimum Gasteiger partial charge on any atom is -0.473 e. The average molecular weight is 414 g/mol. The fourth-order valence-electron chi connectivity index (χ4n) is 2.97. The number of pyridine rings is 1. The summed E-state index contributed by atoms with van der Waals surface area (Å²) in [6.07, 6.45) is 3.18. The Morgan fingerprint density at radius 3 is 2.58 bits per heavy atom. The zero-order chi connectivity index (χ0) is 21.3. The van der Waals surface area contributed by atoms with Crippen LogP contribution in [0.2, 0.25) is 0 Å². The number of hydrogen-bond acceptors (Lipinski definition) is 5. The zero-order valence-electron chi connectivity index (χ0n) is 16.9. The number of carbonyl (C=O) groups excluding carboxylic acids is 1. The molecule has 0 fully saturated rings. The summed E-state index contributed by atoms with van der Waals surface area (Å²) in [5.41, 5.74) is 3.14. The Labute approximate surface area is 180 Å². The highest BCUT2D eigenvalue weighted by molar-refractivity contribution is 6.04. The van der Waals surface area contributed by atoms with Gasteiger partial charge in [0.1, 0.15) is 19.0 Å². The number of anilines is 1. The predicted molar refractivity (Wildman–Crippen MR) is 117 cm³/mol. The molecular weight excluding hydrogens is 392 g/mol. The lowest BCUT2D eigenvalue weighted by molar-refractivity contribution is 0.0929. The van der Waals surface area contributed by atoms with Crippen molar-refractivity contribution < 1.29 is 18.7 Å². The Bertz CT molecular complexity index is 1110. The number of furan rings is 1. The van der Waals surface area contributed by atoms with Crippen LogP contribution in [0.15, 0.2) is 95.7 Å². The summed E-state index contributed by atoms with van der Waals surface area (Å²) in [5.74, 6) is 0.935. The van der Waals surface area contributed by atoms with Crippen LogP contribution < -0.4 is 10.1 Å². The third-order valence-corrected chi connectivity index (χ3v) is 4.50. The molecule has 2 aromatic heterocycles. The quantitative estimate of drug-likeness (QED) is 0.406. The zero-order valence-corrected chi connectivity index (χ0v) is 16.9. The van der Waals surface area contributed by atoms with Gasteiger partial charge in [-0.05, 0) is 41.5 Å². The van der Waals surface area contributed by atoms with Gasteiger partial charge in [-0.3, -0.25) is 4.79 Å². The van der Waals surface area contributed by atoms with Crippen LogP contribution in [0.4, 0.5) is 5.69 Å². The van der Waals surface area contributed by atoms with Crippen molar-refractivity contribution in [1.82, 2.24) is 4.98 Å². The Morgan fingerprint density at radius 1 is 0.871 bits per heavy atom. The summed E-state index contributed by atoms with van der Waals surface area (Å²) >= 11 is 0. The topological polar surface area (TPSA) is 73.6 Å². The second kappa shape index (κ2) is 10.2. The number of ether oxygens (including phenoxy) is 2. The van der Waals surface area contributed by atoms with Crippen LogP contribution >= 0.6 is 0 Å². The van der Waals surface area contributed by atoms with Gasteiger partial charge in [0.15, 0.2) is 0 Å². The smallest absolute Gasteiger partial charge is 0.255 e. The lowest BCUT2D eigenvalue weighted by Crippen LogP contribution is -2.12. The van der Waals surface area contributed by atoms with Crippen LogP contribution in [0.3, 0.4) is 0 Å².